The summed E-state index contributed by atoms with van der Waals surface area (Å²) in [7, 11) is 0. The largest absolute Gasteiger partial charge is 0.481 e. The molecule has 0 unspecified atom stereocenters. The molecule has 1 heterocycles. The van der Waals surface area contributed by atoms with Gasteiger partial charge in [0.2, 0.25) is 5.91 Å². The van der Waals surface area contributed by atoms with Crippen molar-refractivity contribution in [1.29, 1.82) is 0 Å². The number of carbonyl (C=O) groups is 3. The molecule has 0 aliphatic rings. The lowest BCUT2D eigenvalue weighted by Crippen LogP contribution is -2.39. The average Bonchev–Trinajstić information content (AvgIpc) is 2.83. The molecule has 20 heavy (non-hydrogen) atoms. The number of hydrogen-bond donors (Lipinski definition) is 3. The lowest BCUT2D eigenvalue weighted by molar-refractivity contribution is -0.137. The zero-order valence-corrected chi connectivity index (χ0v) is 11.1. The second-order valence-corrected chi connectivity index (χ2v) is 4.01. The molecule has 9 nitrogen and oxygen atoms in total. The highest BCUT2D eigenvalue weighted by Crippen LogP contribution is 1.96. The molecule has 0 bridgehead atoms. The van der Waals surface area contributed by atoms with Crippen molar-refractivity contribution < 1.29 is 19.5 Å². The molecule has 0 radical (unpaired) electrons. The molecule has 1 rings (SSSR count). The first-order valence-corrected chi connectivity index (χ1v) is 6.19. The van der Waals surface area contributed by atoms with Crippen LogP contribution < -0.4 is 10.6 Å². The van der Waals surface area contributed by atoms with Gasteiger partial charge in [-0.2, -0.15) is 0 Å². The van der Waals surface area contributed by atoms with Gasteiger partial charge < -0.3 is 15.0 Å². The molecule has 3 N–H and O–H groups in total. The molecule has 110 valence electrons. The Balaban J connectivity index is 2.26. The number of nitrogens with zero attached hydrogens (tertiary/aromatic N) is 3. The number of carboxylic acids is 1. The van der Waals surface area contributed by atoms with Gasteiger partial charge in [0.25, 0.3) is 0 Å². The van der Waals surface area contributed by atoms with Gasteiger partial charge in [-0.25, -0.2) is 4.79 Å². The number of aromatic nitrogens is 3. The van der Waals surface area contributed by atoms with Crippen LogP contribution in [0.1, 0.15) is 32.0 Å². The van der Waals surface area contributed by atoms with E-state index < -0.39 is 17.9 Å². The van der Waals surface area contributed by atoms with Gasteiger partial charge in [-0.3, -0.25) is 14.9 Å². The van der Waals surface area contributed by atoms with Crippen molar-refractivity contribution in [3.05, 3.63) is 12.2 Å². The summed E-state index contributed by atoms with van der Waals surface area (Å²) in [6.07, 6.45) is 1.63. The maximum Gasteiger partial charge on any atom is 0.321 e. The minimum absolute atomic E-state index is 0.00906. The van der Waals surface area contributed by atoms with Crippen LogP contribution in [0.15, 0.2) is 6.33 Å². The standard InChI is InChI=1S/C11H17N5O4/c1-2-16-7-13-15-8(16)6-12-11(20)14-9(17)4-3-5-10(18)19/h7H,2-6H2,1H3,(H,18,19)(H2,12,14,17,20). The fourth-order valence-corrected chi connectivity index (χ4v) is 1.47. The van der Waals surface area contributed by atoms with Crippen LogP contribution >= 0.6 is 0 Å². The van der Waals surface area contributed by atoms with Gasteiger partial charge in [0.05, 0.1) is 6.54 Å². The Labute approximate surface area is 115 Å². The van der Waals surface area contributed by atoms with Crippen molar-refractivity contribution in [2.24, 2.45) is 0 Å². The van der Waals surface area contributed by atoms with E-state index in [1.54, 1.807) is 10.9 Å². The summed E-state index contributed by atoms with van der Waals surface area (Å²) in [6, 6.07) is -0.643. The van der Waals surface area contributed by atoms with E-state index in [2.05, 4.69) is 20.8 Å². The van der Waals surface area contributed by atoms with Crippen molar-refractivity contribution in [3.63, 3.8) is 0 Å². The molecule has 0 aromatic carbocycles. The number of nitrogens with one attached hydrogen (secondary N) is 2. The maximum absolute atomic E-state index is 11.4. The van der Waals surface area contributed by atoms with E-state index in [9.17, 15) is 14.4 Å². The molecule has 0 saturated carbocycles. The zero-order chi connectivity index (χ0) is 15.0. The fourth-order valence-electron chi connectivity index (χ4n) is 1.47. The van der Waals surface area contributed by atoms with Gasteiger partial charge in [-0.15, -0.1) is 10.2 Å². The van der Waals surface area contributed by atoms with Crippen LogP contribution in [0.5, 0.6) is 0 Å². The van der Waals surface area contributed by atoms with Gasteiger partial charge in [0, 0.05) is 19.4 Å². The Kier molecular flexibility index (Phi) is 6.14. The van der Waals surface area contributed by atoms with Crippen LogP contribution in [0.3, 0.4) is 0 Å². The molecule has 3 amide bonds. The van der Waals surface area contributed by atoms with E-state index in [0.717, 1.165) is 0 Å². The Morgan fingerprint density at radius 1 is 1.35 bits per heavy atom. The summed E-state index contributed by atoms with van der Waals surface area (Å²) in [5.74, 6) is -0.900. The number of carboxylic acid groups (broad SMARTS) is 1. The molecule has 0 aliphatic carbocycles. The molecule has 0 spiro atoms. The van der Waals surface area contributed by atoms with E-state index in [1.807, 2.05) is 6.92 Å². The number of rotatable bonds is 7. The molecule has 0 atom stereocenters. The van der Waals surface area contributed by atoms with Crippen molar-refractivity contribution >= 4 is 17.9 Å². The zero-order valence-electron chi connectivity index (χ0n) is 11.1. The number of aryl methyl sites for hydroxylation is 1. The van der Waals surface area contributed by atoms with Crippen molar-refractivity contribution in [1.82, 2.24) is 25.4 Å². The monoisotopic (exact) mass is 283 g/mol. The third-order valence-electron chi connectivity index (χ3n) is 2.49. The van der Waals surface area contributed by atoms with Gasteiger partial charge in [-0.1, -0.05) is 0 Å². The quantitative estimate of drug-likeness (QED) is 0.640. The summed E-state index contributed by atoms with van der Waals surface area (Å²) in [5, 5.41) is 20.5. The predicted molar refractivity (Wildman–Crippen MR) is 67.6 cm³/mol. The SMILES string of the molecule is CCn1cnnc1CNC(=O)NC(=O)CCCC(=O)O. The smallest absolute Gasteiger partial charge is 0.321 e. The molecule has 0 fully saturated rings. The van der Waals surface area contributed by atoms with Crippen LogP contribution in [0, 0.1) is 0 Å². The van der Waals surface area contributed by atoms with E-state index in [4.69, 9.17) is 5.11 Å². The first-order valence-electron chi connectivity index (χ1n) is 6.19. The highest BCUT2D eigenvalue weighted by molar-refractivity contribution is 5.94. The van der Waals surface area contributed by atoms with Crippen LogP contribution in [0.4, 0.5) is 4.79 Å². The number of aliphatic carboxylic acids is 1. The highest BCUT2D eigenvalue weighted by Gasteiger charge is 2.09. The van der Waals surface area contributed by atoms with Gasteiger partial charge in [-0.05, 0) is 13.3 Å². The maximum atomic E-state index is 11.4. The summed E-state index contributed by atoms with van der Waals surface area (Å²) in [4.78, 5) is 33.0. The Bertz CT molecular complexity index is 485. The average molecular weight is 283 g/mol. The number of hydrogen-bond acceptors (Lipinski definition) is 5. The highest BCUT2D eigenvalue weighted by atomic mass is 16.4. The van der Waals surface area contributed by atoms with Crippen molar-refractivity contribution in [3.8, 4) is 0 Å². The summed E-state index contributed by atoms with van der Waals surface area (Å²) in [5.41, 5.74) is 0. The molecule has 0 saturated heterocycles. The molecular formula is C11H17N5O4. The molecular weight excluding hydrogens is 266 g/mol. The minimum Gasteiger partial charge on any atom is -0.481 e. The van der Waals surface area contributed by atoms with E-state index in [0.29, 0.717) is 12.4 Å². The summed E-state index contributed by atoms with van der Waals surface area (Å²) >= 11 is 0. The Morgan fingerprint density at radius 3 is 2.75 bits per heavy atom. The molecule has 0 aliphatic heterocycles. The van der Waals surface area contributed by atoms with Gasteiger partial charge >= 0.3 is 12.0 Å². The minimum atomic E-state index is -0.971. The lowest BCUT2D eigenvalue weighted by Gasteiger charge is -2.06. The van der Waals surface area contributed by atoms with Crippen LogP contribution in [0.2, 0.25) is 0 Å². The Morgan fingerprint density at radius 2 is 2.10 bits per heavy atom. The summed E-state index contributed by atoms with van der Waals surface area (Å²) in [6.45, 7) is 2.75. The van der Waals surface area contributed by atoms with Crippen LogP contribution in [-0.2, 0) is 22.7 Å². The number of imide groups is 1. The Hall–Kier alpha value is -2.45. The topological polar surface area (TPSA) is 126 Å². The first kappa shape index (κ1) is 15.6. The second kappa shape index (κ2) is 7.87. The number of amides is 3. The van der Waals surface area contributed by atoms with E-state index in [1.165, 1.54) is 0 Å². The molecule has 1 aromatic rings. The van der Waals surface area contributed by atoms with E-state index >= 15 is 0 Å². The van der Waals surface area contributed by atoms with Crippen LogP contribution in [0.25, 0.3) is 0 Å². The molecule has 1 aromatic heterocycles. The third kappa shape index (κ3) is 5.46. The van der Waals surface area contributed by atoms with Crippen molar-refractivity contribution in [2.45, 2.75) is 39.3 Å². The fraction of sp³-hybridized carbons (Fsp3) is 0.545. The second-order valence-electron chi connectivity index (χ2n) is 4.01. The predicted octanol–water partition coefficient (Wildman–Crippen LogP) is -0.121. The third-order valence-corrected chi connectivity index (χ3v) is 2.49. The number of urea groups is 1. The number of carbonyl (C=O) groups excluding carboxylic acids is 2. The van der Waals surface area contributed by atoms with Gasteiger partial charge in [0.15, 0.2) is 5.82 Å². The molecule has 9 heteroatoms. The van der Waals surface area contributed by atoms with Crippen LogP contribution in [-0.4, -0.2) is 37.8 Å². The lowest BCUT2D eigenvalue weighted by atomic mass is 10.2. The summed E-state index contributed by atoms with van der Waals surface area (Å²) < 4.78 is 1.76. The van der Waals surface area contributed by atoms with Gasteiger partial charge in [0.1, 0.15) is 6.33 Å². The normalized spacial score (nSPS) is 10.1. The van der Waals surface area contributed by atoms with Crippen molar-refractivity contribution in [2.75, 3.05) is 0 Å². The van der Waals surface area contributed by atoms with E-state index in [-0.39, 0.29) is 25.8 Å². The first-order chi connectivity index (χ1) is 9.52.